The van der Waals surface area contributed by atoms with Crippen LogP contribution in [-0.2, 0) is 16.1 Å². The topological polar surface area (TPSA) is 94.9 Å². The molecule has 0 aromatic heterocycles. The number of benzene rings is 3. The Balaban J connectivity index is 1.79. The first-order valence-corrected chi connectivity index (χ1v) is 9.68. The Morgan fingerprint density at radius 2 is 1.35 bits per heavy atom. The number of amides is 1. The summed E-state index contributed by atoms with van der Waals surface area (Å²) >= 11 is 0. The van der Waals surface area contributed by atoms with Gasteiger partial charge in [0, 0.05) is 12.1 Å². The molecule has 1 aliphatic rings. The molecule has 0 spiro atoms. The summed E-state index contributed by atoms with van der Waals surface area (Å²) in [6.45, 7) is 0.0929. The van der Waals surface area contributed by atoms with E-state index in [9.17, 15) is 19.5 Å². The van der Waals surface area contributed by atoms with Crippen LogP contribution in [0, 0.1) is 0 Å². The van der Waals surface area contributed by atoms with Crippen molar-refractivity contribution in [3.8, 4) is 0 Å². The van der Waals surface area contributed by atoms with Crippen LogP contribution in [0.25, 0.3) is 5.76 Å². The fourth-order valence-electron chi connectivity index (χ4n) is 3.73. The van der Waals surface area contributed by atoms with Crippen LogP contribution in [0.4, 0.5) is 0 Å². The van der Waals surface area contributed by atoms with Crippen LogP contribution >= 0.6 is 0 Å². The van der Waals surface area contributed by atoms with Crippen molar-refractivity contribution >= 4 is 23.4 Å². The Kier molecular flexibility index (Phi) is 5.37. The lowest BCUT2D eigenvalue weighted by atomic mass is 9.95. The average molecular weight is 413 g/mol. The zero-order chi connectivity index (χ0) is 22.0. The van der Waals surface area contributed by atoms with Gasteiger partial charge in [-0.1, -0.05) is 72.8 Å². The van der Waals surface area contributed by atoms with E-state index in [1.165, 1.54) is 17.0 Å². The number of ketones is 1. The molecule has 1 fully saturated rings. The summed E-state index contributed by atoms with van der Waals surface area (Å²) in [5.74, 6) is -2.73. The minimum absolute atomic E-state index is 0.0320. The molecule has 1 amide bonds. The lowest BCUT2D eigenvalue weighted by molar-refractivity contribution is -0.140. The van der Waals surface area contributed by atoms with Crippen LogP contribution in [0.3, 0.4) is 0 Å². The van der Waals surface area contributed by atoms with Crippen LogP contribution in [-0.4, -0.2) is 32.8 Å². The van der Waals surface area contributed by atoms with Gasteiger partial charge in [-0.2, -0.15) is 0 Å². The van der Waals surface area contributed by atoms with Crippen molar-refractivity contribution in [3.05, 3.63) is 113 Å². The first-order chi connectivity index (χ1) is 15.0. The Morgan fingerprint density at radius 1 is 0.774 bits per heavy atom. The molecule has 4 rings (SSSR count). The summed E-state index contributed by atoms with van der Waals surface area (Å²) in [6.07, 6.45) is 0. The molecule has 1 unspecified atom stereocenters. The first-order valence-electron chi connectivity index (χ1n) is 9.68. The third kappa shape index (κ3) is 3.83. The molecule has 6 heteroatoms. The number of Topliss-reactive ketones (excluding diaryl/α,β-unsaturated/α-hetero) is 1. The molecule has 1 aliphatic heterocycles. The number of aliphatic hydroxyl groups is 1. The SMILES string of the molecule is O=C1C(=O)N(Cc2ccc(C(=O)O)cc2)C(c2ccccc2)/C1=C(\O)c1ccccc1. The third-order valence-corrected chi connectivity index (χ3v) is 5.26. The maximum Gasteiger partial charge on any atom is 0.335 e. The maximum atomic E-state index is 13.0. The Hall–Kier alpha value is -4.19. The van der Waals surface area contributed by atoms with E-state index in [1.54, 1.807) is 66.7 Å². The predicted octanol–water partition coefficient (Wildman–Crippen LogP) is 4.01. The molecule has 6 nitrogen and oxygen atoms in total. The van der Waals surface area contributed by atoms with Crippen LogP contribution in [0.2, 0.25) is 0 Å². The molecule has 3 aromatic rings. The van der Waals surface area contributed by atoms with Crippen molar-refractivity contribution < 1.29 is 24.6 Å². The second kappa shape index (κ2) is 8.28. The van der Waals surface area contributed by atoms with Crippen LogP contribution in [0.1, 0.15) is 33.1 Å². The lowest BCUT2D eigenvalue weighted by Crippen LogP contribution is -2.29. The quantitative estimate of drug-likeness (QED) is 0.374. The van der Waals surface area contributed by atoms with E-state index in [1.807, 2.05) is 6.07 Å². The van der Waals surface area contributed by atoms with E-state index in [2.05, 4.69) is 0 Å². The number of hydrogen-bond donors (Lipinski definition) is 2. The fourth-order valence-corrected chi connectivity index (χ4v) is 3.73. The van der Waals surface area contributed by atoms with Gasteiger partial charge in [-0.3, -0.25) is 9.59 Å². The standard InChI is InChI=1S/C25H19NO5/c27-22(18-9-5-2-6-10-18)20-21(17-7-3-1-4-8-17)26(24(29)23(20)28)15-16-11-13-19(14-12-16)25(30)31/h1-14,21,27H,15H2,(H,30,31)/b22-20+. The van der Waals surface area contributed by atoms with Gasteiger partial charge in [-0.05, 0) is 23.3 Å². The minimum Gasteiger partial charge on any atom is -0.507 e. The van der Waals surface area contributed by atoms with Gasteiger partial charge in [0.1, 0.15) is 5.76 Å². The highest BCUT2D eigenvalue weighted by molar-refractivity contribution is 6.46. The number of carboxylic acids is 1. The van der Waals surface area contributed by atoms with E-state index in [0.29, 0.717) is 16.7 Å². The van der Waals surface area contributed by atoms with E-state index >= 15 is 0 Å². The summed E-state index contributed by atoms with van der Waals surface area (Å²) < 4.78 is 0. The Morgan fingerprint density at radius 3 is 1.94 bits per heavy atom. The summed E-state index contributed by atoms with van der Waals surface area (Å²) in [5.41, 5.74) is 1.99. The fraction of sp³-hybridized carbons (Fsp3) is 0.0800. The van der Waals surface area contributed by atoms with Gasteiger partial charge in [0.2, 0.25) is 0 Å². The molecule has 2 N–H and O–H groups in total. The monoisotopic (exact) mass is 413 g/mol. The smallest absolute Gasteiger partial charge is 0.335 e. The molecular weight excluding hydrogens is 394 g/mol. The summed E-state index contributed by atoms with van der Waals surface area (Å²) in [5, 5.41) is 20.0. The highest BCUT2D eigenvalue weighted by Gasteiger charge is 2.45. The van der Waals surface area contributed by atoms with E-state index in [4.69, 9.17) is 5.11 Å². The van der Waals surface area contributed by atoms with Crippen LogP contribution in [0.15, 0.2) is 90.5 Å². The molecule has 0 radical (unpaired) electrons. The molecule has 154 valence electrons. The van der Waals surface area contributed by atoms with Gasteiger partial charge in [-0.25, -0.2) is 4.79 Å². The van der Waals surface area contributed by atoms with Gasteiger partial charge in [0.15, 0.2) is 0 Å². The number of hydrogen-bond acceptors (Lipinski definition) is 4. The highest BCUT2D eigenvalue weighted by atomic mass is 16.4. The van der Waals surface area contributed by atoms with Gasteiger partial charge in [0.25, 0.3) is 11.7 Å². The van der Waals surface area contributed by atoms with E-state index < -0.39 is 23.7 Å². The molecule has 0 aliphatic carbocycles. The number of carboxylic acid groups (broad SMARTS) is 1. The molecular formula is C25H19NO5. The number of nitrogens with zero attached hydrogens (tertiary/aromatic N) is 1. The van der Waals surface area contributed by atoms with Gasteiger partial charge >= 0.3 is 5.97 Å². The molecule has 3 aromatic carbocycles. The molecule has 0 bridgehead atoms. The lowest BCUT2D eigenvalue weighted by Gasteiger charge is -2.25. The Bertz CT molecular complexity index is 1170. The zero-order valence-corrected chi connectivity index (χ0v) is 16.4. The molecule has 1 atom stereocenters. The molecule has 0 saturated carbocycles. The second-order valence-corrected chi connectivity index (χ2v) is 7.21. The van der Waals surface area contributed by atoms with Crippen molar-refractivity contribution in [2.24, 2.45) is 0 Å². The van der Waals surface area contributed by atoms with E-state index in [-0.39, 0.29) is 23.4 Å². The molecule has 1 saturated heterocycles. The van der Waals surface area contributed by atoms with Crippen LogP contribution < -0.4 is 0 Å². The summed E-state index contributed by atoms with van der Waals surface area (Å²) in [4.78, 5) is 38.4. The van der Waals surface area contributed by atoms with Gasteiger partial charge in [-0.15, -0.1) is 0 Å². The number of aliphatic hydroxyl groups excluding tert-OH is 1. The number of carbonyl (C=O) groups is 3. The van der Waals surface area contributed by atoms with Gasteiger partial charge < -0.3 is 15.1 Å². The van der Waals surface area contributed by atoms with Crippen molar-refractivity contribution in [2.75, 3.05) is 0 Å². The maximum absolute atomic E-state index is 13.0. The normalized spacial score (nSPS) is 17.7. The first kappa shape index (κ1) is 20.1. The van der Waals surface area contributed by atoms with Crippen molar-refractivity contribution in [2.45, 2.75) is 12.6 Å². The summed E-state index contributed by atoms with van der Waals surface area (Å²) in [7, 11) is 0. The van der Waals surface area contributed by atoms with Gasteiger partial charge in [0.05, 0.1) is 17.2 Å². The third-order valence-electron chi connectivity index (χ3n) is 5.26. The van der Waals surface area contributed by atoms with Crippen molar-refractivity contribution in [1.29, 1.82) is 0 Å². The number of carbonyl (C=O) groups excluding carboxylic acids is 2. The highest BCUT2D eigenvalue weighted by Crippen LogP contribution is 2.40. The Labute approximate surface area is 178 Å². The minimum atomic E-state index is -1.04. The summed E-state index contributed by atoms with van der Waals surface area (Å²) in [6, 6.07) is 23.0. The zero-order valence-electron chi connectivity index (χ0n) is 16.4. The number of likely N-dealkylation sites (tertiary alicyclic amines) is 1. The predicted molar refractivity (Wildman–Crippen MR) is 114 cm³/mol. The second-order valence-electron chi connectivity index (χ2n) is 7.21. The van der Waals surface area contributed by atoms with Crippen LogP contribution in [0.5, 0.6) is 0 Å². The van der Waals surface area contributed by atoms with Crippen molar-refractivity contribution in [1.82, 2.24) is 4.90 Å². The molecule has 1 heterocycles. The van der Waals surface area contributed by atoms with Crippen molar-refractivity contribution in [3.63, 3.8) is 0 Å². The number of aromatic carboxylic acids is 1. The average Bonchev–Trinajstić information content (AvgIpc) is 3.05. The molecule has 31 heavy (non-hydrogen) atoms. The van der Waals surface area contributed by atoms with E-state index in [0.717, 1.165) is 0 Å². The number of rotatable bonds is 5. The largest absolute Gasteiger partial charge is 0.507 e.